The molecule has 0 bridgehead atoms. The zero-order valence-corrected chi connectivity index (χ0v) is 19.5. The fourth-order valence-electron chi connectivity index (χ4n) is 5.23. The lowest BCUT2D eigenvalue weighted by molar-refractivity contribution is -0.143. The molecule has 7 nitrogen and oxygen atoms in total. The van der Waals surface area contributed by atoms with Crippen LogP contribution in [0.1, 0.15) is 62.5 Å². The monoisotopic (exact) mass is 464 g/mol. The molecular formula is C27H32N2O5. The molecule has 0 spiro atoms. The lowest BCUT2D eigenvalue weighted by atomic mass is 9.83. The van der Waals surface area contributed by atoms with Gasteiger partial charge in [0.15, 0.2) is 0 Å². The topological polar surface area (TPSA) is 105 Å². The van der Waals surface area contributed by atoms with Crippen LogP contribution in [0, 0.1) is 5.92 Å². The molecule has 3 unspecified atom stereocenters. The fraction of sp³-hybridized carbons (Fsp3) is 0.444. The number of alkyl carbamates (subject to hydrolysis) is 1. The number of fused-ring (bicyclic) bond motifs is 3. The van der Waals surface area contributed by atoms with Crippen molar-refractivity contribution in [3.63, 3.8) is 0 Å². The number of amides is 2. The quantitative estimate of drug-likeness (QED) is 0.535. The molecule has 1 saturated carbocycles. The van der Waals surface area contributed by atoms with E-state index in [4.69, 9.17) is 4.74 Å². The first-order valence-electron chi connectivity index (χ1n) is 12.1. The van der Waals surface area contributed by atoms with Crippen molar-refractivity contribution >= 4 is 18.0 Å². The molecule has 0 saturated heterocycles. The summed E-state index contributed by atoms with van der Waals surface area (Å²) in [6, 6.07) is 15.0. The van der Waals surface area contributed by atoms with Gasteiger partial charge in [0, 0.05) is 12.0 Å². The predicted molar refractivity (Wildman–Crippen MR) is 128 cm³/mol. The Bertz CT molecular complexity index is 1010. The van der Waals surface area contributed by atoms with E-state index in [1.807, 2.05) is 31.2 Å². The summed E-state index contributed by atoms with van der Waals surface area (Å²) in [7, 11) is 0. The van der Waals surface area contributed by atoms with Crippen molar-refractivity contribution in [3.05, 3.63) is 59.7 Å². The van der Waals surface area contributed by atoms with Crippen LogP contribution in [-0.4, -0.2) is 41.8 Å². The molecule has 2 aromatic carbocycles. The van der Waals surface area contributed by atoms with E-state index in [1.165, 1.54) is 0 Å². The van der Waals surface area contributed by atoms with Gasteiger partial charge >= 0.3 is 12.1 Å². The second-order valence-corrected chi connectivity index (χ2v) is 9.16. The first-order chi connectivity index (χ1) is 16.5. The van der Waals surface area contributed by atoms with Crippen molar-refractivity contribution in [2.45, 2.75) is 63.5 Å². The summed E-state index contributed by atoms with van der Waals surface area (Å²) in [5.41, 5.74) is 4.61. The molecule has 2 aromatic rings. The number of hydrogen-bond acceptors (Lipinski definition) is 4. The molecule has 2 aliphatic carbocycles. The summed E-state index contributed by atoms with van der Waals surface area (Å²) < 4.78 is 5.65. The summed E-state index contributed by atoms with van der Waals surface area (Å²) in [5.74, 6) is -1.85. The van der Waals surface area contributed by atoms with Crippen LogP contribution >= 0.6 is 0 Å². The summed E-state index contributed by atoms with van der Waals surface area (Å²) in [6.07, 6.45) is 3.52. The van der Waals surface area contributed by atoms with E-state index in [0.717, 1.165) is 35.1 Å². The molecule has 0 heterocycles. The lowest BCUT2D eigenvalue weighted by Crippen LogP contribution is -2.51. The van der Waals surface area contributed by atoms with Gasteiger partial charge in [-0.25, -0.2) is 9.59 Å². The average Bonchev–Trinajstić information content (AvgIpc) is 3.16. The van der Waals surface area contributed by atoms with Crippen molar-refractivity contribution in [1.29, 1.82) is 0 Å². The molecular weight excluding hydrogens is 432 g/mol. The fourth-order valence-corrected chi connectivity index (χ4v) is 5.23. The van der Waals surface area contributed by atoms with Crippen molar-refractivity contribution in [3.8, 4) is 11.1 Å². The highest BCUT2D eigenvalue weighted by Crippen LogP contribution is 2.44. The highest BCUT2D eigenvalue weighted by molar-refractivity contribution is 5.86. The number of carboxylic acids is 1. The van der Waals surface area contributed by atoms with Gasteiger partial charge in [-0.15, -0.1) is 0 Å². The number of nitrogens with one attached hydrogen (secondary N) is 2. The SMILES string of the molecule is CCCC(NC(=O)C1CCCCC1NC(=O)OCC1c2ccccc2-c2ccccc21)C(=O)O. The number of benzene rings is 2. The second-order valence-electron chi connectivity index (χ2n) is 9.16. The molecule has 0 radical (unpaired) electrons. The third-order valence-corrected chi connectivity index (χ3v) is 6.94. The maximum atomic E-state index is 12.9. The number of carbonyl (C=O) groups is 3. The van der Waals surface area contributed by atoms with E-state index < -0.39 is 24.0 Å². The minimum Gasteiger partial charge on any atom is -0.480 e. The number of ether oxygens (including phenoxy) is 1. The normalized spacial score (nSPS) is 20.0. The Morgan fingerprint density at radius 2 is 1.62 bits per heavy atom. The maximum absolute atomic E-state index is 12.9. The minimum absolute atomic E-state index is 0.0334. The van der Waals surface area contributed by atoms with Crippen LogP contribution in [0.15, 0.2) is 48.5 Å². The molecule has 3 N–H and O–H groups in total. The van der Waals surface area contributed by atoms with E-state index >= 15 is 0 Å². The maximum Gasteiger partial charge on any atom is 0.407 e. The molecule has 2 aliphatic rings. The van der Waals surface area contributed by atoms with Gasteiger partial charge in [-0.1, -0.05) is 74.7 Å². The van der Waals surface area contributed by atoms with Crippen molar-refractivity contribution < 1.29 is 24.2 Å². The summed E-state index contributed by atoms with van der Waals surface area (Å²) in [6.45, 7) is 2.09. The smallest absolute Gasteiger partial charge is 0.407 e. The number of rotatable bonds is 8. The van der Waals surface area contributed by atoms with E-state index in [1.54, 1.807) is 0 Å². The van der Waals surface area contributed by atoms with E-state index in [0.29, 0.717) is 25.7 Å². The molecule has 7 heteroatoms. The first kappa shape index (κ1) is 23.8. The van der Waals surface area contributed by atoms with Gasteiger partial charge in [-0.3, -0.25) is 4.79 Å². The Hall–Kier alpha value is -3.35. The zero-order valence-electron chi connectivity index (χ0n) is 19.5. The summed E-state index contributed by atoms with van der Waals surface area (Å²) in [5, 5.41) is 14.9. The molecule has 0 aliphatic heterocycles. The van der Waals surface area contributed by atoms with Crippen molar-refractivity contribution in [2.75, 3.05) is 6.61 Å². The average molecular weight is 465 g/mol. The lowest BCUT2D eigenvalue weighted by Gasteiger charge is -2.31. The Kier molecular flexibility index (Phi) is 7.50. The Morgan fingerprint density at radius 3 is 2.24 bits per heavy atom. The predicted octanol–water partition coefficient (Wildman–Crippen LogP) is 4.45. The van der Waals surface area contributed by atoms with Crippen LogP contribution in [0.5, 0.6) is 0 Å². The number of carbonyl (C=O) groups excluding carboxylic acids is 2. The van der Waals surface area contributed by atoms with Crippen LogP contribution in [0.25, 0.3) is 11.1 Å². The van der Waals surface area contributed by atoms with Gasteiger partial charge in [0.05, 0.1) is 5.92 Å². The molecule has 4 rings (SSSR count). The number of carboxylic acid groups (broad SMARTS) is 1. The van der Waals surface area contributed by atoms with Gasteiger partial charge in [0.2, 0.25) is 5.91 Å². The van der Waals surface area contributed by atoms with Crippen molar-refractivity contribution in [2.24, 2.45) is 5.92 Å². The van der Waals surface area contributed by atoms with Crippen LogP contribution < -0.4 is 10.6 Å². The zero-order chi connectivity index (χ0) is 24.1. The first-order valence-corrected chi connectivity index (χ1v) is 12.1. The van der Waals surface area contributed by atoms with E-state index in [9.17, 15) is 19.5 Å². The van der Waals surface area contributed by atoms with Gasteiger partial charge in [0.1, 0.15) is 12.6 Å². The molecule has 3 atom stereocenters. The summed E-state index contributed by atoms with van der Waals surface area (Å²) >= 11 is 0. The summed E-state index contributed by atoms with van der Waals surface area (Å²) in [4.78, 5) is 37.0. The van der Waals surface area contributed by atoms with E-state index in [2.05, 4.69) is 34.9 Å². The van der Waals surface area contributed by atoms with Crippen LogP contribution in [-0.2, 0) is 14.3 Å². The van der Waals surface area contributed by atoms with Gasteiger partial charge in [-0.05, 0) is 41.5 Å². The largest absolute Gasteiger partial charge is 0.480 e. The standard InChI is InChI=1S/C27H32N2O5/c1-2-9-24(26(31)32)28-25(30)21-14-7-8-15-23(21)29-27(33)34-16-22-19-12-5-3-10-17(19)18-11-4-6-13-20(18)22/h3-6,10-13,21-24H,2,7-9,14-16H2,1H3,(H,28,30)(H,29,33)(H,31,32). The minimum atomic E-state index is -1.04. The number of aliphatic carboxylic acids is 1. The second kappa shape index (κ2) is 10.7. The van der Waals surface area contributed by atoms with Crippen LogP contribution in [0.3, 0.4) is 0 Å². The molecule has 180 valence electrons. The highest BCUT2D eigenvalue weighted by Gasteiger charge is 2.35. The van der Waals surface area contributed by atoms with E-state index in [-0.39, 0.29) is 24.5 Å². The van der Waals surface area contributed by atoms with Gasteiger partial charge in [-0.2, -0.15) is 0 Å². The third kappa shape index (κ3) is 5.08. The van der Waals surface area contributed by atoms with Gasteiger partial charge < -0.3 is 20.5 Å². The Labute approximate surface area is 199 Å². The third-order valence-electron chi connectivity index (χ3n) is 6.94. The molecule has 2 amide bonds. The molecule has 1 fully saturated rings. The Balaban J connectivity index is 1.38. The van der Waals surface area contributed by atoms with Crippen LogP contribution in [0.2, 0.25) is 0 Å². The number of hydrogen-bond donors (Lipinski definition) is 3. The molecule has 0 aromatic heterocycles. The molecule has 34 heavy (non-hydrogen) atoms. The van der Waals surface area contributed by atoms with Gasteiger partial charge in [0.25, 0.3) is 0 Å². The highest BCUT2D eigenvalue weighted by atomic mass is 16.5. The van der Waals surface area contributed by atoms with Crippen LogP contribution in [0.4, 0.5) is 4.79 Å². The van der Waals surface area contributed by atoms with Crippen molar-refractivity contribution in [1.82, 2.24) is 10.6 Å². The Morgan fingerprint density at radius 1 is 1.00 bits per heavy atom.